The lowest BCUT2D eigenvalue weighted by Gasteiger charge is -2.24. The quantitative estimate of drug-likeness (QED) is 0.335. The number of aliphatic hydroxyl groups excluding tert-OH is 1. The molecule has 1 N–H and O–H groups in total. The van der Waals surface area contributed by atoms with Crippen LogP contribution in [0, 0.1) is 12.7 Å². The monoisotopic (exact) mass is 387 g/mol. The van der Waals surface area contributed by atoms with Crippen molar-refractivity contribution in [3.05, 3.63) is 63.1 Å². The number of likely N-dealkylation sites (tertiary alicyclic amines) is 1. The molecule has 2 heterocycles. The number of rotatable bonds is 6. The molecular weight excluding hydrogens is 365 g/mol. The van der Waals surface area contributed by atoms with Crippen molar-refractivity contribution in [2.75, 3.05) is 6.54 Å². The van der Waals surface area contributed by atoms with E-state index in [1.807, 2.05) is 17.5 Å². The Labute approximate surface area is 161 Å². The minimum absolute atomic E-state index is 0.0740. The molecular formula is C21H22FNO3S. The Morgan fingerprint density at radius 2 is 2.04 bits per heavy atom. The SMILES string of the molecule is CCCCCN1C(=O)C(=O)/C(=C(\O)c2ccc(F)c(C)c2)C1c1cccs1. The maximum absolute atomic E-state index is 13.6. The van der Waals surface area contributed by atoms with E-state index in [0.717, 1.165) is 24.1 Å². The molecule has 142 valence electrons. The summed E-state index contributed by atoms with van der Waals surface area (Å²) in [5, 5.41) is 12.7. The molecule has 1 unspecified atom stereocenters. The van der Waals surface area contributed by atoms with Gasteiger partial charge in [0.1, 0.15) is 11.6 Å². The lowest BCUT2D eigenvalue weighted by Crippen LogP contribution is -2.30. The molecule has 1 amide bonds. The molecule has 1 aliphatic heterocycles. The first kappa shape index (κ1) is 19.3. The van der Waals surface area contributed by atoms with Crippen molar-refractivity contribution in [3.8, 4) is 0 Å². The summed E-state index contributed by atoms with van der Waals surface area (Å²) in [6.45, 7) is 4.12. The summed E-state index contributed by atoms with van der Waals surface area (Å²) in [4.78, 5) is 27.8. The summed E-state index contributed by atoms with van der Waals surface area (Å²) >= 11 is 1.44. The van der Waals surface area contributed by atoms with E-state index in [0.29, 0.717) is 17.7 Å². The predicted molar refractivity (Wildman–Crippen MR) is 104 cm³/mol. The zero-order valence-corrected chi connectivity index (χ0v) is 16.2. The van der Waals surface area contributed by atoms with Crippen LogP contribution < -0.4 is 0 Å². The predicted octanol–water partition coefficient (Wildman–Crippen LogP) is 4.81. The van der Waals surface area contributed by atoms with Crippen LogP contribution in [0.1, 0.15) is 48.2 Å². The maximum atomic E-state index is 13.6. The Morgan fingerprint density at radius 3 is 2.67 bits per heavy atom. The van der Waals surface area contributed by atoms with Crippen LogP contribution in [0.25, 0.3) is 5.76 Å². The van der Waals surface area contributed by atoms with Crippen LogP contribution in [0.15, 0.2) is 41.3 Å². The summed E-state index contributed by atoms with van der Waals surface area (Å²) < 4.78 is 13.6. The maximum Gasteiger partial charge on any atom is 0.295 e. The van der Waals surface area contributed by atoms with E-state index in [1.54, 1.807) is 11.8 Å². The third kappa shape index (κ3) is 3.67. The van der Waals surface area contributed by atoms with Crippen molar-refractivity contribution < 1.29 is 19.1 Å². The minimum atomic E-state index is -0.690. The number of ketones is 1. The summed E-state index contributed by atoms with van der Waals surface area (Å²) in [5.74, 6) is -1.93. The highest BCUT2D eigenvalue weighted by molar-refractivity contribution is 7.10. The van der Waals surface area contributed by atoms with E-state index >= 15 is 0 Å². The van der Waals surface area contributed by atoms with Crippen LogP contribution in [0.2, 0.25) is 0 Å². The Balaban J connectivity index is 2.09. The molecule has 0 radical (unpaired) electrons. The van der Waals surface area contributed by atoms with Crippen LogP contribution in [-0.4, -0.2) is 28.2 Å². The molecule has 1 aromatic carbocycles. The van der Waals surface area contributed by atoms with Gasteiger partial charge in [0.25, 0.3) is 11.7 Å². The van der Waals surface area contributed by atoms with Gasteiger partial charge in [-0.3, -0.25) is 9.59 Å². The Bertz CT molecular complexity index is 889. The first-order valence-electron chi connectivity index (χ1n) is 9.04. The van der Waals surface area contributed by atoms with Gasteiger partial charge >= 0.3 is 0 Å². The first-order chi connectivity index (χ1) is 13.0. The largest absolute Gasteiger partial charge is 0.507 e. The molecule has 27 heavy (non-hydrogen) atoms. The molecule has 1 atom stereocenters. The molecule has 1 aliphatic rings. The molecule has 0 bridgehead atoms. The molecule has 2 aromatic rings. The van der Waals surface area contributed by atoms with Gasteiger partial charge in [-0.25, -0.2) is 4.39 Å². The van der Waals surface area contributed by atoms with Crippen LogP contribution in [0.4, 0.5) is 4.39 Å². The van der Waals surface area contributed by atoms with E-state index in [-0.39, 0.29) is 17.1 Å². The number of carbonyl (C=O) groups is 2. The van der Waals surface area contributed by atoms with E-state index in [4.69, 9.17) is 0 Å². The first-order valence-corrected chi connectivity index (χ1v) is 9.92. The highest BCUT2D eigenvalue weighted by Crippen LogP contribution is 2.41. The Kier molecular flexibility index (Phi) is 5.75. The van der Waals surface area contributed by atoms with Gasteiger partial charge in [0, 0.05) is 17.0 Å². The normalized spacial score (nSPS) is 19.1. The van der Waals surface area contributed by atoms with Crippen LogP contribution in [0.3, 0.4) is 0 Å². The number of aryl methyl sites for hydroxylation is 1. The average molecular weight is 387 g/mol. The van der Waals surface area contributed by atoms with Crippen molar-refractivity contribution in [1.82, 2.24) is 4.90 Å². The number of carbonyl (C=O) groups excluding carboxylic acids is 2. The topological polar surface area (TPSA) is 57.6 Å². The summed E-state index contributed by atoms with van der Waals surface area (Å²) in [6.07, 6.45) is 2.75. The third-order valence-corrected chi connectivity index (χ3v) is 5.71. The van der Waals surface area contributed by atoms with Gasteiger partial charge in [-0.1, -0.05) is 25.8 Å². The molecule has 1 aromatic heterocycles. The number of halogens is 1. The van der Waals surface area contributed by atoms with Crippen molar-refractivity contribution in [3.63, 3.8) is 0 Å². The molecule has 3 rings (SSSR count). The standard InChI is InChI=1S/C21H22FNO3S/c1-3-4-5-10-23-18(16-7-6-11-27-16)17(20(25)21(23)26)19(24)14-8-9-15(22)13(2)12-14/h6-9,11-12,18,24H,3-5,10H2,1-2H3/b19-17-. The lowest BCUT2D eigenvalue weighted by atomic mass is 9.99. The highest BCUT2D eigenvalue weighted by Gasteiger charge is 2.46. The molecule has 0 spiro atoms. The molecule has 6 heteroatoms. The van der Waals surface area contributed by atoms with Gasteiger partial charge in [0.2, 0.25) is 0 Å². The zero-order valence-electron chi connectivity index (χ0n) is 15.4. The number of aliphatic hydroxyl groups is 1. The Hall–Kier alpha value is -2.47. The van der Waals surface area contributed by atoms with Crippen molar-refractivity contribution in [1.29, 1.82) is 0 Å². The highest BCUT2D eigenvalue weighted by atomic mass is 32.1. The fraction of sp³-hybridized carbons (Fsp3) is 0.333. The number of benzene rings is 1. The van der Waals surface area contributed by atoms with E-state index in [2.05, 4.69) is 6.92 Å². The summed E-state index contributed by atoms with van der Waals surface area (Å²) in [5.41, 5.74) is 0.774. The summed E-state index contributed by atoms with van der Waals surface area (Å²) in [6, 6.07) is 7.27. The lowest BCUT2D eigenvalue weighted by molar-refractivity contribution is -0.139. The van der Waals surface area contributed by atoms with Crippen LogP contribution in [-0.2, 0) is 9.59 Å². The average Bonchev–Trinajstić information content (AvgIpc) is 3.26. The second kappa shape index (κ2) is 8.05. The number of nitrogens with zero attached hydrogens (tertiary/aromatic N) is 1. The van der Waals surface area contributed by atoms with Gasteiger partial charge < -0.3 is 10.0 Å². The van der Waals surface area contributed by atoms with Gasteiger partial charge in [-0.05, 0) is 48.6 Å². The fourth-order valence-electron chi connectivity index (χ4n) is 3.33. The second-order valence-electron chi connectivity index (χ2n) is 6.68. The second-order valence-corrected chi connectivity index (χ2v) is 7.66. The number of thiophene rings is 1. The van der Waals surface area contributed by atoms with Crippen molar-refractivity contribution >= 4 is 28.8 Å². The van der Waals surface area contributed by atoms with Crippen LogP contribution in [0.5, 0.6) is 0 Å². The Morgan fingerprint density at radius 1 is 1.26 bits per heavy atom. The molecule has 4 nitrogen and oxygen atoms in total. The van der Waals surface area contributed by atoms with Gasteiger partial charge in [0.05, 0.1) is 11.6 Å². The summed E-state index contributed by atoms with van der Waals surface area (Å²) in [7, 11) is 0. The van der Waals surface area contributed by atoms with E-state index in [1.165, 1.54) is 29.5 Å². The van der Waals surface area contributed by atoms with Crippen LogP contribution >= 0.6 is 11.3 Å². The van der Waals surface area contributed by atoms with E-state index < -0.39 is 17.7 Å². The number of hydrogen-bond donors (Lipinski definition) is 1. The van der Waals surface area contributed by atoms with Gasteiger partial charge in [-0.2, -0.15) is 0 Å². The smallest absolute Gasteiger partial charge is 0.295 e. The van der Waals surface area contributed by atoms with Crippen molar-refractivity contribution in [2.45, 2.75) is 39.2 Å². The molecule has 0 saturated carbocycles. The number of unbranched alkanes of at least 4 members (excludes halogenated alkanes) is 2. The van der Waals surface area contributed by atoms with E-state index in [9.17, 15) is 19.1 Å². The zero-order chi connectivity index (χ0) is 19.6. The molecule has 1 saturated heterocycles. The van der Waals surface area contributed by atoms with Gasteiger partial charge in [-0.15, -0.1) is 11.3 Å². The molecule has 0 aliphatic carbocycles. The van der Waals surface area contributed by atoms with Gasteiger partial charge in [0.15, 0.2) is 0 Å². The minimum Gasteiger partial charge on any atom is -0.507 e. The third-order valence-electron chi connectivity index (χ3n) is 4.79. The van der Waals surface area contributed by atoms with Crippen molar-refractivity contribution in [2.24, 2.45) is 0 Å². The number of Topliss-reactive ketones (excluding diaryl/α,β-unsaturated/α-hetero) is 1. The molecule has 1 fully saturated rings. The number of amides is 1. The fourth-order valence-corrected chi connectivity index (χ4v) is 4.18. The number of hydrogen-bond acceptors (Lipinski definition) is 4.